The van der Waals surface area contributed by atoms with Crippen LogP contribution in [0.3, 0.4) is 0 Å². The van der Waals surface area contributed by atoms with E-state index in [1.54, 1.807) is 24.4 Å². The van der Waals surface area contributed by atoms with Crippen molar-refractivity contribution in [2.24, 2.45) is 0 Å². The summed E-state index contributed by atoms with van der Waals surface area (Å²) in [6.07, 6.45) is 1.75. The van der Waals surface area contributed by atoms with Gasteiger partial charge in [-0.2, -0.15) is 5.10 Å². The van der Waals surface area contributed by atoms with Crippen LogP contribution in [0.1, 0.15) is 5.56 Å². The van der Waals surface area contributed by atoms with E-state index in [2.05, 4.69) is 20.2 Å². The van der Waals surface area contributed by atoms with E-state index in [1.807, 2.05) is 60.7 Å². The number of rotatable bonds is 5. The van der Waals surface area contributed by atoms with Crippen molar-refractivity contribution in [3.8, 4) is 34.4 Å². The first-order valence-corrected chi connectivity index (χ1v) is 9.54. The minimum Gasteiger partial charge on any atom is -0.507 e. The Morgan fingerprint density at radius 2 is 1.73 bits per heavy atom. The van der Waals surface area contributed by atoms with Crippen molar-refractivity contribution in [2.75, 3.05) is 0 Å². The molecule has 0 aliphatic carbocycles. The van der Waals surface area contributed by atoms with Crippen molar-refractivity contribution in [3.63, 3.8) is 0 Å². The number of pyridine rings is 1. The molecule has 5 rings (SSSR count). The van der Waals surface area contributed by atoms with Crippen LogP contribution in [0.4, 0.5) is 0 Å². The fourth-order valence-corrected chi connectivity index (χ4v) is 3.33. The number of nitrogens with one attached hydrogen (secondary N) is 1. The van der Waals surface area contributed by atoms with Crippen LogP contribution < -0.4 is 4.74 Å². The van der Waals surface area contributed by atoms with E-state index in [4.69, 9.17) is 4.74 Å². The summed E-state index contributed by atoms with van der Waals surface area (Å²) in [7, 11) is 0. The van der Waals surface area contributed by atoms with Gasteiger partial charge in [0.15, 0.2) is 11.6 Å². The molecule has 2 N–H and O–H groups in total. The van der Waals surface area contributed by atoms with E-state index in [-0.39, 0.29) is 5.75 Å². The number of aromatic nitrogens is 4. The van der Waals surface area contributed by atoms with E-state index in [0.29, 0.717) is 35.3 Å². The number of phenols is 1. The number of nitrogens with zero attached hydrogens (tertiary/aromatic N) is 3. The number of fused-ring (bicyclic) bond motifs is 1. The Hall–Kier alpha value is -4.19. The quantitative estimate of drug-likeness (QED) is 0.440. The van der Waals surface area contributed by atoms with Crippen LogP contribution in [0.2, 0.25) is 0 Å². The number of ether oxygens (including phenoxy) is 1. The van der Waals surface area contributed by atoms with Crippen molar-refractivity contribution >= 4 is 10.8 Å². The lowest BCUT2D eigenvalue weighted by molar-refractivity contribution is 0.304. The third kappa shape index (κ3) is 3.46. The van der Waals surface area contributed by atoms with E-state index in [1.165, 1.54) is 0 Å². The smallest absolute Gasteiger partial charge is 0.185 e. The average molecular weight is 394 g/mol. The topological polar surface area (TPSA) is 83.9 Å². The Labute approximate surface area is 172 Å². The number of hydrogen-bond acceptors (Lipinski definition) is 5. The van der Waals surface area contributed by atoms with Gasteiger partial charge in [-0.25, -0.2) is 4.98 Å². The highest BCUT2D eigenvalue weighted by molar-refractivity contribution is 5.93. The summed E-state index contributed by atoms with van der Waals surface area (Å²) in [5, 5.41) is 19.8. The Balaban J connectivity index is 1.41. The molecule has 0 atom stereocenters. The summed E-state index contributed by atoms with van der Waals surface area (Å²) in [6, 6.07) is 24.9. The largest absolute Gasteiger partial charge is 0.507 e. The molecule has 2 aromatic heterocycles. The van der Waals surface area contributed by atoms with E-state index in [0.717, 1.165) is 16.3 Å². The van der Waals surface area contributed by atoms with Gasteiger partial charge >= 0.3 is 0 Å². The zero-order chi connectivity index (χ0) is 20.3. The lowest BCUT2D eigenvalue weighted by Crippen LogP contribution is -1.95. The monoisotopic (exact) mass is 394 g/mol. The fourth-order valence-electron chi connectivity index (χ4n) is 3.33. The zero-order valence-electron chi connectivity index (χ0n) is 16.0. The fraction of sp³-hybridized carbons (Fsp3) is 0.0417. The molecule has 0 radical (unpaired) electrons. The molecular formula is C24H18N4O2. The number of hydrogen-bond donors (Lipinski definition) is 2. The molecule has 0 aliphatic rings. The number of H-pyrrole nitrogens is 1. The molecule has 3 aromatic carbocycles. The van der Waals surface area contributed by atoms with Gasteiger partial charge in [-0.05, 0) is 29.1 Å². The summed E-state index contributed by atoms with van der Waals surface area (Å²) in [5.41, 5.74) is 2.29. The second kappa shape index (κ2) is 7.67. The number of aromatic amines is 1. The molecule has 5 aromatic rings. The molecule has 6 heteroatoms. The van der Waals surface area contributed by atoms with E-state index < -0.39 is 0 Å². The third-order valence-corrected chi connectivity index (χ3v) is 4.84. The van der Waals surface area contributed by atoms with Gasteiger partial charge in [-0.1, -0.05) is 54.6 Å². The van der Waals surface area contributed by atoms with Crippen LogP contribution >= 0.6 is 0 Å². The standard InChI is InChI=1S/C24H18N4O2/c29-21-14-18(30-15-16-6-2-1-3-7-16)10-11-20(21)23-26-24(28-27-23)22-19-9-5-4-8-17(19)12-13-25-22/h1-14,29H,15H2,(H,26,27,28). The molecule has 2 heterocycles. The van der Waals surface area contributed by atoms with E-state index >= 15 is 0 Å². The maximum absolute atomic E-state index is 10.5. The highest BCUT2D eigenvalue weighted by atomic mass is 16.5. The molecule has 0 aliphatic heterocycles. The van der Waals surface area contributed by atoms with Gasteiger partial charge in [-0.15, -0.1) is 0 Å². The summed E-state index contributed by atoms with van der Waals surface area (Å²) in [4.78, 5) is 9.01. The molecule has 146 valence electrons. The van der Waals surface area contributed by atoms with Crippen LogP contribution in [0.15, 0.2) is 85.1 Å². The van der Waals surface area contributed by atoms with Gasteiger partial charge in [0.2, 0.25) is 0 Å². The molecule has 0 saturated carbocycles. The SMILES string of the molecule is Oc1cc(OCc2ccccc2)ccc1-c1n[nH]c(-c2nccc3ccccc23)n1. The molecule has 30 heavy (non-hydrogen) atoms. The highest BCUT2D eigenvalue weighted by Crippen LogP contribution is 2.32. The first-order chi connectivity index (χ1) is 14.8. The lowest BCUT2D eigenvalue weighted by atomic mass is 10.1. The lowest BCUT2D eigenvalue weighted by Gasteiger charge is -2.08. The molecule has 0 saturated heterocycles. The van der Waals surface area contributed by atoms with Crippen molar-refractivity contribution in [1.82, 2.24) is 20.2 Å². The maximum atomic E-state index is 10.5. The van der Waals surface area contributed by atoms with Crippen molar-refractivity contribution < 1.29 is 9.84 Å². The predicted molar refractivity (Wildman–Crippen MR) is 115 cm³/mol. The van der Waals surface area contributed by atoms with Gasteiger partial charge in [0.1, 0.15) is 23.8 Å². The summed E-state index contributed by atoms with van der Waals surface area (Å²) in [5.74, 6) is 1.57. The van der Waals surface area contributed by atoms with Crippen molar-refractivity contribution in [1.29, 1.82) is 0 Å². The minimum atomic E-state index is 0.0528. The number of benzene rings is 3. The molecule has 0 fully saturated rings. The Morgan fingerprint density at radius 1 is 0.900 bits per heavy atom. The zero-order valence-corrected chi connectivity index (χ0v) is 16.0. The van der Waals surface area contributed by atoms with Crippen LogP contribution in [-0.4, -0.2) is 25.3 Å². The number of aromatic hydroxyl groups is 1. The normalized spacial score (nSPS) is 10.9. The third-order valence-electron chi connectivity index (χ3n) is 4.84. The van der Waals surface area contributed by atoms with Gasteiger partial charge in [0, 0.05) is 17.6 Å². The predicted octanol–water partition coefficient (Wildman–Crippen LogP) is 4.97. The van der Waals surface area contributed by atoms with Crippen LogP contribution in [0.5, 0.6) is 11.5 Å². The number of phenolic OH excluding ortho intramolecular Hbond substituents is 1. The van der Waals surface area contributed by atoms with Gasteiger partial charge in [0.05, 0.1) is 5.56 Å². The first-order valence-electron chi connectivity index (χ1n) is 9.54. The average Bonchev–Trinajstić information content (AvgIpc) is 3.28. The Bertz CT molecular complexity index is 1310. The van der Waals surface area contributed by atoms with Crippen LogP contribution in [-0.2, 0) is 6.61 Å². The summed E-state index contributed by atoms with van der Waals surface area (Å²) >= 11 is 0. The highest BCUT2D eigenvalue weighted by Gasteiger charge is 2.15. The maximum Gasteiger partial charge on any atom is 0.185 e. The first kappa shape index (κ1) is 17.9. The molecule has 0 unspecified atom stereocenters. The van der Waals surface area contributed by atoms with Crippen LogP contribution in [0.25, 0.3) is 33.7 Å². The van der Waals surface area contributed by atoms with Gasteiger partial charge in [-0.3, -0.25) is 10.1 Å². The second-order valence-electron chi connectivity index (χ2n) is 6.84. The summed E-state index contributed by atoms with van der Waals surface area (Å²) in [6.45, 7) is 0.428. The minimum absolute atomic E-state index is 0.0528. The Kier molecular flexibility index (Phi) is 4.57. The van der Waals surface area contributed by atoms with Crippen LogP contribution in [0, 0.1) is 0 Å². The Morgan fingerprint density at radius 3 is 2.60 bits per heavy atom. The van der Waals surface area contributed by atoms with Gasteiger partial charge < -0.3 is 9.84 Å². The molecule has 0 amide bonds. The van der Waals surface area contributed by atoms with E-state index in [9.17, 15) is 5.11 Å². The van der Waals surface area contributed by atoms with Crippen molar-refractivity contribution in [3.05, 3.63) is 90.6 Å². The van der Waals surface area contributed by atoms with Crippen molar-refractivity contribution in [2.45, 2.75) is 6.61 Å². The molecule has 0 spiro atoms. The second-order valence-corrected chi connectivity index (χ2v) is 6.84. The molecule has 6 nitrogen and oxygen atoms in total. The molecule has 0 bridgehead atoms. The molecular weight excluding hydrogens is 376 g/mol. The summed E-state index contributed by atoms with van der Waals surface area (Å²) < 4.78 is 5.77. The van der Waals surface area contributed by atoms with Gasteiger partial charge in [0.25, 0.3) is 0 Å².